The average Bonchev–Trinajstić information content (AvgIpc) is 3.28. The van der Waals surface area contributed by atoms with Crippen LogP contribution in [0.1, 0.15) is 17.0 Å². The molecule has 160 valence electrons. The molecule has 3 aromatic heterocycles. The number of imidazole rings is 1. The van der Waals surface area contributed by atoms with Crippen LogP contribution in [0, 0.1) is 12.7 Å². The number of rotatable bonds is 4. The van der Waals surface area contributed by atoms with Crippen molar-refractivity contribution in [2.45, 2.75) is 19.9 Å². The Labute approximate surface area is 184 Å². The molecule has 4 aromatic rings. The normalized spacial score (nSPS) is 15.3. The van der Waals surface area contributed by atoms with Crippen molar-refractivity contribution in [3.05, 3.63) is 70.5 Å². The highest BCUT2D eigenvalue weighted by molar-refractivity contribution is 6.30. The Morgan fingerprint density at radius 3 is 2.77 bits per heavy atom. The number of carbonyl (C=O) groups is 1. The lowest BCUT2D eigenvalue weighted by Gasteiger charge is -2.34. The highest BCUT2D eigenvalue weighted by Crippen LogP contribution is 2.24. The smallest absolute Gasteiger partial charge is 0.227 e. The summed E-state index contributed by atoms with van der Waals surface area (Å²) in [6, 6.07) is 8.39. The number of amides is 1. The Hall–Kier alpha value is -2.90. The minimum atomic E-state index is -0.289. The summed E-state index contributed by atoms with van der Waals surface area (Å²) in [6.07, 6.45) is 4.13. The molecule has 1 saturated heterocycles. The van der Waals surface area contributed by atoms with Crippen molar-refractivity contribution >= 4 is 34.1 Å². The second-order valence-corrected chi connectivity index (χ2v) is 8.53. The lowest BCUT2D eigenvalue weighted by molar-refractivity contribution is -0.132. The molecule has 1 fully saturated rings. The van der Waals surface area contributed by atoms with Gasteiger partial charge in [-0.05, 0) is 42.8 Å². The van der Waals surface area contributed by atoms with E-state index in [4.69, 9.17) is 11.6 Å². The van der Waals surface area contributed by atoms with Gasteiger partial charge in [0.1, 0.15) is 11.5 Å². The van der Waals surface area contributed by atoms with Crippen molar-refractivity contribution in [1.29, 1.82) is 0 Å². The number of hydrogen-bond acceptors (Lipinski definition) is 3. The van der Waals surface area contributed by atoms with E-state index in [1.54, 1.807) is 6.07 Å². The van der Waals surface area contributed by atoms with Gasteiger partial charge in [-0.2, -0.15) is 0 Å². The van der Waals surface area contributed by atoms with Crippen LogP contribution in [-0.2, 0) is 17.8 Å². The molecule has 0 radical (unpaired) electrons. The van der Waals surface area contributed by atoms with Crippen LogP contribution in [0.15, 0.2) is 42.7 Å². The number of nitrogens with zero attached hydrogens (tertiary/aromatic N) is 4. The first-order valence-electron chi connectivity index (χ1n) is 10.4. The Bertz CT molecular complexity index is 1270. The number of halogens is 2. The molecule has 5 rings (SSSR count). The van der Waals surface area contributed by atoms with Gasteiger partial charge in [-0.25, -0.2) is 9.37 Å². The topological polar surface area (TPSA) is 56.6 Å². The van der Waals surface area contributed by atoms with Gasteiger partial charge < -0.3 is 14.3 Å². The van der Waals surface area contributed by atoms with Crippen molar-refractivity contribution in [2.75, 3.05) is 26.2 Å². The van der Waals surface area contributed by atoms with Crippen molar-refractivity contribution < 1.29 is 9.18 Å². The first kappa shape index (κ1) is 20.0. The summed E-state index contributed by atoms with van der Waals surface area (Å²) in [5, 5.41) is 1.47. The van der Waals surface area contributed by atoms with Gasteiger partial charge in [-0.3, -0.25) is 9.69 Å². The lowest BCUT2D eigenvalue weighted by Crippen LogP contribution is -2.48. The number of carbonyl (C=O) groups excluding carboxylic acids is 1. The molecule has 1 aliphatic heterocycles. The fourth-order valence-corrected chi connectivity index (χ4v) is 4.49. The third-order valence-electron chi connectivity index (χ3n) is 5.99. The molecule has 1 aromatic carbocycles. The van der Waals surface area contributed by atoms with E-state index in [1.807, 2.05) is 40.8 Å². The monoisotopic (exact) mass is 439 g/mol. The predicted molar refractivity (Wildman–Crippen MR) is 119 cm³/mol. The van der Waals surface area contributed by atoms with E-state index in [2.05, 4.69) is 14.9 Å². The van der Waals surface area contributed by atoms with Crippen LogP contribution in [0.3, 0.4) is 0 Å². The molecular formula is C23H23ClFN5O. The molecule has 8 heteroatoms. The number of benzene rings is 1. The van der Waals surface area contributed by atoms with Crippen LogP contribution in [0.25, 0.3) is 16.6 Å². The second-order valence-electron chi connectivity index (χ2n) is 8.10. The summed E-state index contributed by atoms with van der Waals surface area (Å²) >= 11 is 6.05. The minimum absolute atomic E-state index is 0.0790. The van der Waals surface area contributed by atoms with Gasteiger partial charge in [0.2, 0.25) is 5.91 Å². The van der Waals surface area contributed by atoms with Gasteiger partial charge in [0.15, 0.2) is 0 Å². The Balaban J connectivity index is 1.21. The van der Waals surface area contributed by atoms with Crippen molar-refractivity contribution in [3.8, 4) is 0 Å². The maximum absolute atomic E-state index is 13.7. The number of aryl methyl sites for hydroxylation is 1. The fraction of sp³-hybridized carbons (Fsp3) is 0.304. The average molecular weight is 440 g/mol. The summed E-state index contributed by atoms with van der Waals surface area (Å²) in [6.45, 7) is 5.61. The second kappa shape index (κ2) is 7.98. The molecule has 31 heavy (non-hydrogen) atoms. The van der Waals surface area contributed by atoms with Gasteiger partial charge >= 0.3 is 0 Å². The zero-order valence-electron chi connectivity index (χ0n) is 17.2. The number of H-pyrrole nitrogens is 1. The summed E-state index contributed by atoms with van der Waals surface area (Å²) in [5.41, 5.74) is 4.52. The van der Waals surface area contributed by atoms with Crippen molar-refractivity contribution in [3.63, 3.8) is 0 Å². The maximum atomic E-state index is 13.7. The van der Waals surface area contributed by atoms with Crippen molar-refractivity contribution in [2.24, 2.45) is 0 Å². The van der Waals surface area contributed by atoms with Crippen LogP contribution in [0.4, 0.5) is 4.39 Å². The number of pyridine rings is 1. The predicted octanol–water partition coefficient (Wildman–Crippen LogP) is 3.80. The van der Waals surface area contributed by atoms with E-state index in [1.165, 1.54) is 12.1 Å². The number of piperazine rings is 1. The molecule has 0 bridgehead atoms. The summed E-state index contributed by atoms with van der Waals surface area (Å²) in [7, 11) is 0. The molecule has 0 unspecified atom stereocenters. The quantitative estimate of drug-likeness (QED) is 0.526. The number of hydrogen-bond donors (Lipinski definition) is 1. The third-order valence-corrected chi connectivity index (χ3v) is 6.21. The highest BCUT2D eigenvalue weighted by atomic mass is 35.5. The van der Waals surface area contributed by atoms with Crippen LogP contribution < -0.4 is 0 Å². The Morgan fingerprint density at radius 1 is 1.16 bits per heavy atom. The molecule has 1 N–H and O–H groups in total. The molecule has 1 amide bonds. The molecular weight excluding hydrogens is 417 g/mol. The van der Waals surface area contributed by atoms with Gasteiger partial charge in [0, 0.05) is 61.7 Å². The highest BCUT2D eigenvalue weighted by Gasteiger charge is 2.23. The summed E-state index contributed by atoms with van der Waals surface area (Å²) in [5.74, 6) is -0.210. The van der Waals surface area contributed by atoms with Crippen LogP contribution >= 0.6 is 11.6 Å². The Morgan fingerprint density at radius 2 is 1.97 bits per heavy atom. The van der Waals surface area contributed by atoms with Crippen LogP contribution in [-0.4, -0.2) is 56.3 Å². The van der Waals surface area contributed by atoms with Gasteiger partial charge in [-0.1, -0.05) is 11.6 Å². The zero-order valence-corrected chi connectivity index (χ0v) is 18.0. The van der Waals surface area contributed by atoms with E-state index in [0.29, 0.717) is 18.1 Å². The largest absolute Gasteiger partial charge is 0.358 e. The van der Waals surface area contributed by atoms with Crippen molar-refractivity contribution in [1.82, 2.24) is 24.2 Å². The first-order chi connectivity index (χ1) is 15.0. The molecule has 0 spiro atoms. The SMILES string of the molecule is Cc1[nH]c2ccc(F)cc2c1CC(=O)N1CCN(Cc2cn3cc(Cl)ccc3n2)CC1. The fourth-order valence-electron chi connectivity index (χ4n) is 4.32. The standard InChI is InChI=1S/C23H23ClFN5O/c1-15-19(20-10-17(25)3-4-21(20)26-15)11-23(31)29-8-6-28(7-9-29)13-18-14-30-12-16(24)2-5-22(30)27-18/h2-5,10,12,14,26H,6-9,11,13H2,1H3. The van der Waals surface area contributed by atoms with Crippen LogP contribution in [0.2, 0.25) is 5.02 Å². The molecule has 0 aliphatic carbocycles. The van der Waals surface area contributed by atoms with E-state index in [0.717, 1.165) is 53.1 Å². The number of aromatic nitrogens is 3. The Kier molecular flexibility index (Phi) is 5.16. The van der Waals surface area contributed by atoms with E-state index in [9.17, 15) is 9.18 Å². The molecule has 0 atom stereocenters. The van der Waals surface area contributed by atoms with Crippen LogP contribution in [0.5, 0.6) is 0 Å². The summed E-state index contributed by atoms with van der Waals surface area (Å²) < 4.78 is 15.6. The van der Waals surface area contributed by atoms with Gasteiger partial charge in [0.05, 0.1) is 17.1 Å². The summed E-state index contributed by atoms with van der Waals surface area (Å²) in [4.78, 5) is 25.0. The maximum Gasteiger partial charge on any atom is 0.227 e. The molecule has 1 aliphatic rings. The van der Waals surface area contributed by atoms with Gasteiger partial charge in [0.25, 0.3) is 0 Å². The molecule has 6 nitrogen and oxygen atoms in total. The first-order valence-corrected chi connectivity index (χ1v) is 10.7. The molecule has 4 heterocycles. The number of aromatic amines is 1. The lowest BCUT2D eigenvalue weighted by atomic mass is 10.1. The van der Waals surface area contributed by atoms with E-state index < -0.39 is 0 Å². The van der Waals surface area contributed by atoms with E-state index >= 15 is 0 Å². The third kappa shape index (κ3) is 4.03. The van der Waals surface area contributed by atoms with E-state index in [-0.39, 0.29) is 18.1 Å². The zero-order chi connectivity index (χ0) is 21.5. The minimum Gasteiger partial charge on any atom is -0.358 e. The number of nitrogens with one attached hydrogen (secondary N) is 1. The van der Waals surface area contributed by atoms with Gasteiger partial charge in [-0.15, -0.1) is 0 Å². The number of fused-ring (bicyclic) bond motifs is 2. The molecule has 0 saturated carbocycles.